The van der Waals surface area contributed by atoms with E-state index in [0.717, 1.165) is 51.4 Å². The Hall–Kier alpha value is -1.10. The molecule has 0 aliphatic heterocycles. The van der Waals surface area contributed by atoms with Crippen LogP contribution >= 0.6 is 0 Å². The number of ether oxygens (including phenoxy) is 2. The Morgan fingerprint density at radius 1 is 0.857 bits per heavy atom. The molecule has 0 heterocycles. The molecule has 21 heavy (non-hydrogen) atoms. The van der Waals surface area contributed by atoms with Crippen molar-refractivity contribution in [2.45, 2.75) is 88.9 Å². The van der Waals surface area contributed by atoms with Crippen LogP contribution in [0, 0.1) is 0 Å². The van der Waals surface area contributed by atoms with Gasteiger partial charge in [-0.3, -0.25) is 4.79 Å². The molecule has 2 rings (SSSR count). The van der Waals surface area contributed by atoms with Crippen LogP contribution in [0.2, 0.25) is 0 Å². The predicted octanol–water partition coefficient (Wildman–Crippen LogP) is 1.74. The maximum Gasteiger partial charge on any atom is 0.365 e. The fraction of sp³-hybridized carbons (Fsp3) is 0.875. The molecule has 0 radical (unpaired) electrons. The minimum Gasteiger partial charge on any atom is -0.462 e. The first-order chi connectivity index (χ1) is 10.1. The first-order valence-electron chi connectivity index (χ1n) is 8.38. The normalized spacial score (nSPS) is 22.5. The van der Waals surface area contributed by atoms with Gasteiger partial charge in [0.05, 0.1) is 0 Å². The predicted molar refractivity (Wildman–Crippen MR) is 77.2 cm³/mol. The minimum absolute atomic E-state index is 0.0184. The lowest BCUT2D eigenvalue weighted by Gasteiger charge is -2.23. The molecule has 5 heteroatoms. The van der Waals surface area contributed by atoms with Crippen LogP contribution in [0.3, 0.4) is 0 Å². The van der Waals surface area contributed by atoms with Gasteiger partial charge in [-0.1, -0.05) is 12.8 Å². The lowest BCUT2D eigenvalue weighted by Crippen LogP contribution is -2.66. The number of hydrogen-bond donors (Lipinski definition) is 1. The standard InChI is InChI=1S/C16H27NO4/c17-14(16(19)21-13-9-5-2-6-10-13)11-15(18)20-12-7-3-1-4-8-12/h12-14H,1-11,17H2/p+1/t14-/m1/s1. The highest BCUT2D eigenvalue weighted by molar-refractivity contribution is 5.81. The first-order valence-corrected chi connectivity index (χ1v) is 8.38. The van der Waals surface area contributed by atoms with E-state index in [1.54, 1.807) is 0 Å². The van der Waals surface area contributed by atoms with Crippen LogP contribution in [-0.4, -0.2) is 30.2 Å². The van der Waals surface area contributed by atoms with E-state index < -0.39 is 6.04 Å². The van der Waals surface area contributed by atoms with E-state index in [-0.39, 0.29) is 30.6 Å². The Morgan fingerprint density at radius 2 is 1.33 bits per heavy atom. The van der Waals surface area contributed by atoms with Crippen LogP contribution in [0.15, 0.2) is 0 Å². The van der Waals surface area contributed by atoms with Crippen molar-refractivity contribution in [3.63, 3.8) is 0 Å². The van der Waals surface area contributed by atoms with Crippen molar-refractivity contribution in [2.24, 2.45) is 0 Å². The van der Waals surface area contributed by atoms with Crippen LogP contribution in [0.4, 0.5) is 0 Å². The quantitative estimate of drug-likeness (QED) is 0.784. The van der Waals surface area contributed by atoms with Crippen LogP contribution in [0.1, 0.15) is 70.6 Å². The van der Waals surface area contributed by atoms with Crippen molar-refractivity contribution in [1.82, 2.24) is 0 Å². The van der Waals surface area contributed by atoms with Crippen molar-refractivity contribution in [3.05, 3.63) is 0 Å². The second-order valence-electron chi connectivity index (χ2n) is 6.35. The summed E-state index contributed by atoms with van der Waals surface area (Å²) in [5, 5.41) is 0. The fourth-order valence-corrected chi connectivity index (χ4v) is 3.14. The molecule has 0 unspecified atom stereocenters. The van der Waals surface area contributed by atoms with Gasteiger partial charge in [0.25, 0.3) is 0 Å². The van der Waals surface area contributed by atoms with E-state index in [2.05, 4.69) is 5.73 Å². The molecule has 0 aromatic carbocycles. The van der Waals surface area contributed by atoms with Crippen LogP contribution < -0.4 is 5.73 Å². The van der Waals surface area contributed by atoms with Crippen molar-refractivity contribution < 1.29 is 24.8 Å². The molecule has 3 N–H and O–H groups in total. The molecule has 0 bridgehead atoms. The van der Waals surface area contributed by atoms with Gasteiger partial charge >= 0.3 is 11.9 Å². The Labute approximate surface area is 126 Å². The van der Waals surface area contributed by atoms with E-state index >= 15 is 0 Å². The number of carbonyl (C=O) groups excluding carboxylic acids is 2. The van der Waals surface area contributed by atoms with E-state index in [1.807, 2.05) is 0 Å². The average Bonchev–Trinajstić information content (AvgIpc) is 2.49. The highest BCUT2D eigenvalue weighted by Gasteiger charge is 2.28. The number of rotatable bonds is 5. The highest BCUT2D eigenvalue weighted by Crippen LogP contribution is 2.22. The van der Waals surface area contributed by atoms with Gasteiger partial charge in [-0.25, -0.2) is 4.79 Å². The Balaban J connectivity index is 1.67. The van der Waals surface area contributed by atoms with Crippen molar-refractivity contribution >= 4 is 11.9 Å². The summed E-state index contributed by atoms with van der Waals surface area (Å²) in [6.45, 7) is 0. The molecule has 0 spiro atoms. The smallest absolute Gasteiger partial charge is 0.365 e. The molecule has 2 aliphatic carbocycles. The number of quaternary nitrogens is 1. The van der Waals surface area contributed by atoms with Crippen molar-refractivity contribution in [1.29, 1.82) is 0 Å². The molecule has 0 aromatic heterocycles. The van der Waals surface area contributed by atoms with E-state index in [0.29, 0.717) is 0 Å². The molecule has 1 atom stereocenters. The summed E-state index contributed by atoms with van der Waals surface area (Å²) in [5.74, 6) is -0.676. The van der Waals surface area contributed by atoms with Gasteiger partial charge in [-0.2, -0.15) is 0 Å². The molecule has 0 aromatic rings. The lowest BCUT2D eigenvalue weighted by molar-refractivity contribution is -0.408. The zero-order valence-corrected chi connectivity index (χ0v) is 12.9. The molecule has 2 aliphatic rings. The Bertz CT molecular complexity index is 346. The summed E-state index contributed by atoms with van der Waals surface area (Å²) in [6.07, 6.45) is 10.8. The third-order valence-corrected chi connectivity index (χ3v) is 4.43. The van der Waals surface area contributed by atoms with Crippen molar-refractivity contribution in [2.75, 3.05) is 0 Å². The lowest BCUT2D eigenvalue weighted by atomic mass is 9.97. The van der Waals surface area contributed by atoms with Gasteiger partial charge in [0.15, 0.2) is 6.04 Å². The van der Waals surface area contributed by atoms with Gasteiger partial charge in [0, 0.05) is 0 Å². The molecule has 120 valence electrons. The summed E-state index contributed by atoms with van der Waals surface area (Å²) >= 11 is 0. The first kappa shape index (κ1) is 16.3. The van der Waals surface area contributed by atoms with Crippen LogP contribution in [0.5, 0.6) is 0 Å². The van der Waals surface area contributed by atoms with Gasteiger partial charge in [0.1, 0.15) is 18.6 Å². The molecular formula is C16H28NO4+. The summed E-state index contributed by atoms with van der Waals surface area (Å²) in [6, 6.07) is -0.650. The summed E-state index contributed by atoms with van der Waals surface area (Å²) < 4.78 is 10.9. The molecule has 2 saturated carbocycles. The van der Waals surface area contributed by atoms with Gasteiger partial charge in [-0.05, 0) is 51.4 Å². The summed E-state index contributed by atoms with van der Waals surface area (Å²) in [7, 11) is 0. The van der Waals surface area contributed by atoms with E-state index in [4.69, 9.17) is 9.47 Å². The van der Waals surface area contributed by atoms with Gasteiger partial charge < -0.3 is 15.2 Å². The summed E-state index contributed by atoms with van der Waals surface area (Å²) in [4.78, 5) is 23.8. The van der Waals surface area contributed by atoms with E-state index in [9.17, 15) is 9.59 Å². The second kappa shape index (κ2) is 8.37. The monoisotopic (exact) mass is 298 g/mol. The summed E-state index contributed by atoms with van der Waals surface area (Å²) in [5.41, 5.74) is 3.76. The highest BCUT2D eigenvalue weighted by atomic mass is 16.6. The second-order valence-corrected chi connectivity index (χ2v) is 6.35. The minimum atomic E-state index is -0.650. The molecular weight excluding hydrogens is 270 g/mol. The van der Waals surface area contributed by atoms with E-state index in [1.165, 1.54) is 12.8 Å². The van der Waals surface area contributed by atoms with Crippen molar-refractivity contribution in [3.8, 4) is 0 Å². The maximum absolute atomic E-state index is 11.9. The zero-order valence-electron chi connectivity index (χ0n) is 12.9. The van der Waals surface area contributed by atoms with Gasteiger partial charge in [0.2, 0.25) is 0 Å². The van der Waals surface area contributed by atoms with Crippen LogP contribution in [-0.2, 0) is 19.1 Å². The Morgan fingerprint density at radius 3 is 1.86 bits per heavy atom. The third kappa shape index (κ3) is 5.65. The molecule has 5 nitrogen and oxygen atoms in total. The number of hydrogen-bond acceptors (Lipinski definition) is 4. The topological polar surface area (TPSA) is 80.2 Å². The van der Waals surface area contributed by atoms with Crippen LogP contribution in [0.25, 0.3) is 0 Å². The zero-order chi connectivity index (χ0) is 15.1. The Kier molecular flexibility index (Phi) is 6.49. The SMILES string of the molecule is [NH3+][C@H](CC(=O)OC1CCCCC1)C(=O)OC1CCCCC1. The molecule has 0 amide bonds. The average molecular weight is 298 g/mol. The third-order valence-electron chi connectivity index (χ3n) is 4.43. The molecule has 0 saturated heterocycles. The maximum atomic E-state index is 11.9. The number of esters is 2. The van der Waals surface area contributed by atoms with Gasteiger partial charge in [-0.15, -0.1) is 0 Å². The molecule has 2 fully saturated rings. The largest absolute Gasteiger partial charge is 0.462 e. The fourth-order valence-electron chi connectivity index (χ4n) is 3.14. The number of carbonyl (C=O) groups is 2.